The number of pyridine rings is 1. The minimum absolute atomic E-state index is 0.119. The second-order valence-electron chi connectivity index (χ2n) is 10.1. The molecule has 0 bridgehead atoms. The Bertz CT molecular complexity index is 1370. The number of rotatable bonds is 6. The number of carbonyl (C=O) groups is 1. The van der Waals surface area contributed by atoms with E-state index in [0.29, 0.717) is 11.6 Å². The quantitative estimate of drug-likeness (QED) is 0.329. The molecule has 2 aromatic heterocycles. The fraction of sp³-hybridized carbons (Fsp3) is 0.367. The van der Waals surface area contributed by atoms with Crippen LogP contribution in [0.5, 0.6) is 0 Å². The van der Waals surface area contributed by atoms with Crippen molar-refractivity contribution in [2.45, 2.75) is 44.6 Å². The van der Waals surface area contributed by atoms with E-state index >= 15 is 0 Å². The molecular weight excluding hydrogens is 478 g/mol. The van der Waals surface area contributed by atoms with Crippen molar-refractivity contribution in [3.63, 3.8) is 0 Å². The lowest BCUT2D eigenvalue weighted by Gasteiger charge is -2.30. The number of hydrogen-bond acceptors (Lipinski definition) is 6. The highest BCUT2D eigenvalue weighted by Gasteiger charge is 2.25. The highest BCUT2D eigenvalue weighted by molar-refractivity contribution is 7.10. The van der Waals surface area contributed by atoms with Crippen LogP contribution in [-0.4, -0.2) is 47.0 Å². The van der Waals surface area contributed by atoms with Gasteiger partial charge in [-0.1, -0.05) is 36.4 Å². The molecule has 6 rings (SSSR count). The van der Waals surface area contributed by atoms with Crippen LogP contribution in [0.15, 0.2) is 66.0 Å². The number of nitrogens with zero attached hydrogens (tertiary/aromatic N) is 4. The van der Waals surface area contributed by atoms with Crippen LogP contribution in [0.4, 0.5) is 11.4 Å². The van der Waals surface area contributed by atoms with Crippen LogP contribution in [-0.2, 0) is 6.54 Å². The van der Waals surface area contributed by atoms with Crippen LogP contribution in [0, 0.1) is 0 Å². The molecule has 0 radical (unpaired) electrons. The molecule has 1 N–H and O–H groups in total. The molecule has 0 unspecified atom stereocenters. The van der Waals surface area contributed by atoms with Crippen LogP contribution >= 0.6 is 11.3 Å². The van der Waals surface area contributed by atoms with Gasteiger partial charge in [-0.15, -0.1) is 11.3 Å². The summed E-state index contributed by atoms with van der Waals surface area (Å²) in [4.78, 5) is 27.6. The smallest absolute Gasteiger partial charge is 0.275 e. The Morgan fingerprint density at radius 2 is 1.68 bits per heavy atom. The molecule has 2 saturated heterocycles. The number of fused-ring (bicyclic) bond motifs is 1. The summed E-state index contributed by atoms with van der Waals surface area (Å²) in [5, 5.41) is 7.32. The van der Waals surface area contributed by atoms with E-state index in [4.69, 9.17) is 9.97 Å². The molecule has 2 aliphatic rings. The largest absolute Gasteiger partial charge is 0.370 e. The lowest BCUT2D eigenvalue weighted by atomic mass is 9.97. The second-order valence-corrected chi connectivity index (χ2v) is 11.0. The molecule has 7 heteroatoms. The summed E-state index contributed by atoms with van der Waals surface area (Å²) in [6.07, 6.45) is 5.80. The van der Waals surface area contributed by atoms with Gasteiger partial charge < -0.3 is 10.2 Å². The number of amides is 1. The van der Waals surface area contributed by atoms with Gasteiger partial charge in [-0.3, -0.25) is 14.7 Å². The third-order valence-electron chi connectivity index (χ3n) is 7.58. The predicted octanol–water partition coefficient (Wildman–Crippen LogP) is 6.31. The molecule has 4 aromatic rings. The first-order valence-corrected chi connectivity index (χ1v) is 14.3. The molecule has 1 amide bonds. The summed E-state index contributed by atoms with van der Waals surface area (Å²) < 4.78 is 0. The van der Waals surface area contributed by atoms with Crippen molar-refractivity contribution in [2.75, 3.05) is 36.4 Å². The van der Waals surface area contributed by atoms with Gasteiger partial charge in [0, 0.05) is 36.3 Å². The first kappa shape index (κ1) is 24.1. The van der Waals surface area contributed by atoms with Crippen molar-refractivity contribution in [2.24, 2.45) is 0 Å². The summed E-state index contributed by atoms with van der Waals surface area (Å²) in [5.74, 6) is 0.291. The van der Waals surface area contributed by atoms with Crippen molar-refractivity contribution >= 4 is 39.5 Å². The van der Waals surface area contributed by atoms with E-state index in [-0.39, 0.29) is 5.91 Å². The molecule has 4 heterocycles. The van der Waals surface area contributed by atoms with E-state index in [1.807, 2.05) is 29.6 Å². The number of anilines is 2. The standard InChI is InChI=1S/C30H33N5OS/c36-29(32-26-10-4-5-11-28(26)35-16-6-1-7-17-35)27-21-37-30(33-27)23-14-18-34(19-15-23)20-24-13-12-22-8-2-3-9-25(22)31-24/h2-5,8-13,21,23H,1,6-7,14-20H2,(H,32,36). The SMILES string of the molecule is O=C(Nc1ccccc1N1CCCCC1)c1csc(C2CCN(Cc3ccc4ccccc4n3)CC2)n1. The number of carbonyl (C=O) groups excluding carboxylic acids is 1. The van der Waals surface area contributed by atoms with E-state index in [9.17, 15) is 4.79 Å². The first-order valence-electron chi connectivity index (χ1n) is 13.4. The van der Waals surface area contributed by atoms with Crippen molar-refractivity contribution in [1.82, 2.24) is 14.9 Å². The van der Waals surface area contributed by atoms with Crippen molar-refractivity contribution in [3.8, 4) is 0 Å². The normalized spacial score (nSPS) is 17.2. The molecular formula is C30H33N5OS. The third kappa shape index (κ3) is 5.53. The molecule has 2 aliphatic heterocycles. The van der Waals surface area contributed by atoms with Crippen LogP contribution < -0.4 is 10.2 Å². The zero-order valence-electron chi connectivity index (χ0n) is 21.1. The maximum absolute atomic E-state index is 13.1. The third-order valence-corrected chi connectivity index (χ3v) is 8.59. The molecule has 2 fully saturated rings. The van der Waals surface area contributed by atoms with E-state index in [1.165, 1.54) is 24.6 Å². The number of aromatic nitrogens is 2. The Balaban J connectivity index is 1.06. The molecule has 0 aliphatic carbocycles. The molecule has 0 atom stereocenters. The van der Waals surface area contributed by atoms with Crippen LogP contribution in [0.25, 0.3) is 10.9 Å². The predicted molar refractivity (Wildman–Crippen MR) is 152 cm³/mol. The van der Waals surface area contributed by atoms with Gasteiger partial charge >= 0.3 is 0 Å². The Kier molecular flexibility index (Phi) is 7.15. The summed E-state index contributed by atoms with van der Waals surface area (Å²) in [5.41, 5.74) is 4.69. The molecule has 37 heavy (non-hydrogen) atoms. The maximum atomic E-state index is 13.1. The highest BCUT2D eigenvalue weighted by atomic mass is 32.1. The fourth-order valence-electron chi connectivity index (χ4n) is 5.52. The molecule has 190 valence electrons. The summed E-state index contributed by atoms with van der Waals surface area (Å²) >= 11 is 1.62. The Morgan fingerprint density at radius 3 is 2.54 bits per heavy atom. The van der Waals surface area contributed by atoms with Crippen molar-refractivity contribution in [1.29, 1.82) is 0 Å². The van der Waals surface area contributed by atoms with Crippen molar-refractivity contribution in [3.05, 3.63) is 82.4 Å². The number of likely N-dealkylation sites (tertiary alicyclic amines) is 1. The summed E-state index contributed by atoms with van der Waals surface area (Å²) in [7, 11) is 0. The zero-order valence-corrected chi connectivity index (χ0v) is 21.9. The summed E-state index contributed by atoms with van der Waals surface area (Å²) in [6.45, 7) is 5.00. The number of thiazole rings is 1. The average molecular weight is 512 g/mol. The first-order chi connectivity index (χ1) is 18.2. The molecule has 2 aromatic carbocycles. The Labute approximate surface area is 222 Å². The van der Waals surface area contributed by atoms with Gasteiger partial charge in [0.25, 0.3) is 5.91 Å². The topological polar surface area (TPSA) is 61.4 Å². The average Bonchev–Trinajstić information content (AvgIpc) is 3.45. The minimum atomic E-state index is -0.119. The van der Waals surface area contributed by atoms with Crippen LogP contribution in [0.1, 0.15) is 59.2 Å². The van der Waals surface area contributed by atoms with E-state index in [0.717, 1.165) is 73.2 Å². The molecule has 0 spiro atoms. The highest BCUT2D eigenvalue weighted by Crippen LogP contribution is 2.32. The monoisotopic (exact) mass is 511 g/mol. The van der Waals surface area contributed by atoms with Crippen molar-refractivity contribution < 1.29 is 4.79 Å². The number of para-hydroxylation sites is 3. The molecule has 0 saturated carbocycles. The van der Waals surface area contributed by atoms with Gasteiger partial charge in [0.15, 0.2) is 0 Å². The zero-order chi connectivity index (χ0) is 25.0. The van der Waals surface area contributed by atoms with Gasteiger partial charge in [0.2, 0.25) is 0 Å². The summed E-state index contributed by atoms with van der Waals surface area (Å²) in [6, 6.07) is 20.7. The second kappa shape index (κ2) is 11.0. The minimum Gasteiger partial charge on any atom is -0.370 e. The van der Waals surface area contributed by atoms with E-state index in [2.05, 4.69) is 51.5 Å². The lowest BCUT2D eigenvalue weighted by molar-refractivity contribution is 0.102. The Morgan fingerprint density at radius 1 is 0.892 bits per heavy atom. The number of piperidine rings is 2. The fourth-order valence-corrected chi connectivity index (χ4v) is 6.49. The lowest BCUT2D eigenvalue weighted by Crippen LogP contribution is -2.32. The van der Waals surface area contributed by atoms with Gasteiger partial charge in [-0.25, -0.2) is 4.98 Å². The van der Waals surface area contributed by atoms with E-state index in [1.54, 1.807) is 11.3 Å². The van der Waals surface area contributed by atoms with Gasteiger partial charge in [0.1, 0.15) is 5.69 Å². The van der Waals surface area contributed by atoms with Crippen LogP contribution in [0.3, 0.4) is 0 Å². The van der Waals surface area contributed by atoms with Gasteiger partial charge in [-0.05, 0) is 69.5 Å². The van der Waals surface area contributed by atoms with E-state index < -0.39 is 0 Å². The Hall–Kier alpha value is -3.29. The number of nitrogens with one attached hydrogen (secondary N) is 1. The van der Waals surface area contributed by atoms with Gasteiger partial charge in [0.05, 0.1) is 27.6 Å². The van der Waals surface area contributed by atoms with Crippen LogP contribution in [0.2, 0.25) is 0 Å². The van der Waals surface area contributed by atoms with Gasteiger partial charge in [-0.2, -0.15) is 0 Å². The number of benzene rings is 2. The number of hydrogen-bond donors (Lipinski definition) is 1. The maximum Gasteiger partial charge on any atom is 0.275 e. The molecule has 6 nitrogen and oxygen atoms in total.